The van der Waals surface area contributed by atoms with Gasteiger partial charge in [-0.25, -0.2) is 0 Å². The summed E-state index contributed by atoms with van der Waals surface area (Å²) in [4.78, 5) is 11.6. The van der Waals surface area contributed by atoms with E-state index in [0.717, 1.165) is 42.3 Å². The summed E-state index contributed by atoms with van der Waals surface area (Å²) < 4.78 is 16.8. The van der Waals surface area contributed by atoms with E-state index in [2.05, 4.69) is 27.4 Å². The molecule has 1 saturated heterocycles. The van der Waals surface area contributed by atoms with Gasteiger partial charge in [-0.3, -0.25) is 0 Å². The Morgan fingerprint density at radius 1 is 1.09 bits per heavy atom. The summed E-state index contributed by atoms with van der Waals surface area (Å²) in [5.41, 5.74) is 1.03. The lowest BCUT2D eigenvalue weighted by Gasteiger charge is -2.34. The maximum atomic E-state index is 6.03. The molecule has 2 aliphatic heterocycles. The number of rotatable bonds is 6. The van der Waals surface area contributed by atoms with E-state index < -0.39 is 0 Å². The Morgan fingerprint density at radius 2 is 1.94 bits per heavy atom. The van der Waals surface area contributed by atoms with Crippen LogP contribution in [0.2, 0.25) is 0 Å². The number of benzene rings is 2. The lowest BCUT2D eigenvalue weighted by atomic mass is 10.0. The minimum atomic E-state index is 0.253. The summed E-state index contributed by atoms with van der Waals surface area (Å²) in [6, 6.07) is 17.7. The van der Waals surface area contributed by atoms with Crippen molar-refractivity contribution in [3.63, 3.8) is 0 Å². The summed E-state index contributed by atoms with van der Waals surface area (Å²) in [5, 5.41) is 6.75. The highest BCUT2D eigenvalue weighted by molar-refractivity contribution is 7.80. The van der Waals surface area contributed by atoms with Crippen molar-refractivity contribution >= 4 is 29.1 Å². The number of hydrogen-bond acceptors (Lipinski definition) is 7. The number of fused-ring (bicyclic) bond motifs is 1. The Hall–Kier alpha value is -3.59. The molecular weight excluding hydrogens is 450 g/mol. The molecule has 5 rings (SSSR count). The first-order valence-electron chi connectivity index (χ1n) is 11.5. The molecular formula is C25H27N5O3S. The molecule has 1 atom stereocenters. The second-order valence-electron chi connectivity index (χ2n) is 8.34. The zero-order valence-corrected chi connectivity index (χ0v) is 19.8. The highest BCUT2D eigenvalue weighted by atomic mass is 32.1. The Morgan fingerprint density at radius 3 is 2.79 bits per heavy atom. The highest BCUT2D eigenvalue weighted by Crippen LogP contribution is 2.32. The van der Waals surface area contributed by atoms with Gasteiger partial charge in [-0.15, -0.1) is 0 Å². The maximum Gasteiger partial charge on any atom is 0.234 e. The van der Waals surface area contributed by atoms with E-state index in [1.165, 1.54) is 6.42 Å². The van der Waals surface area contributed by atoms with E-state index >= 15 is 0 Å². The van der Waals surface area contributed by atoms with Gasteiger partial charge < -0.3 is 29.7 Å². The van der Waals surface area contributed by atoms with Crippen LogP contribution in [-0.2, 0) is 6.54 Å². The standard InChI is InChI=1S/C25H27N5O3S/c1-17-7-5-6-12-30(17)22-14-23(33-19-8-3-2-4-9-19)28-24(27-22)29-25(34)26-15-18-10-11-20-21(13-18)32-16-31-20/h2-4,8-11,13-14,17H,5-7,12,15-16H2,1H3,(H2,26,27,28,29,34)/t17-/m0/s1. The quantitative estimate of drug-likeness (QED) is 0.484. The maximum absolute atomic E-state index is 6.03. The number of anilines is 2. The first kappa shape index (κ1) is 22.2. The van der Waals surface area contributed by atoms with Gasteiger partial charge in [0.15, 0.2) is 16.6 Å². The Bertz CT molecular complexity index is 1160. The van der Waals surface area contributed by atoms with Crippen LogP contribution in [0, 0.1) is 0 Å². The minimum Gasteiger partial charge on any atom is -0.454 e. The third-order valence-electron chi connectivity index (χ3n) is 5.87. The van der Waals surface area contributed by atoms with Gasteiger partial charge >= 0.3 is 0 Å². The SMILES string of the molecule is C[C@H]1CCCCN1c1cc(Oc2ccccc2)nc(NC(=S)NCc2ccc3c(c2)OCO3)n1. The third kappa shape index (κ3) is 5.31. The van der Waals surface area contributed by atoms with Gasteiger partial charge in [0.05, 0.1) is 0 Å². The second kappa shape index (κ2) is 10.1. The molecule has 2 N–H and O–H groups in total. The zero-order valence-electron chi connectivity index (χ0n) is 19.0. The van der Waals surface area contributed by atoms with Gasteiger partial charge in [-0.05, 0) is 68.2 Å². The Labute approximate surface area is 204 Å². The fourth-order valence-corrected chi connectivity index (χ4v) is 4.26. The van der Waals surface area contributed by atoms with Crippen LogP contribution >= 0.6 is 12.2 Å². The van der Waals surface area contributed by atoms with Gasteiger partial charge in [0, 0.05) is 25.2 Å². The Balaban J connectivity index is 1.31. The van der Waals surface area contributed by atoms with E-state index in [1.54, 1.807) is 0 Å². The smallest absolute Gasteiger partial charge is 0.234 e. The van der Waals surface area contributed by atoms with Gasteiger partial charge in [0.1, 0.15) is 11.6 Å². The number of piperidine rings is 1. The molecule has 2 aliphatic rings. The minimum absolute atomic E-state index is 0.253. The normalized spacial score (nSPS) is 16.7. The van der Waals surface area contributed by atoms with E-state index in [-0.39, 0.29) is 6.79 Å². The summed E-state index contributed by atoms with van der Waals surface area (Å²) in [6.07, 6.45) is 3.51. The van der Waals surface area contributed by atoms with Crippen molar-refractivity contribution in [2.24, 2.45) is 0 Å². The molecule has 3 heterocycles. The van der Waals surface area contributed by atoms with Crippen LogP contribution < -0.4 is 29.7 Å². The second-order valence-corrected chi connectivity index (χ2v) is 8.74. The lowest BCUT2D eigenvalue weighted by Crippen LogP contribution is -2.38. The van der Waals surface area contributed by atoms with Crippen molar-refractivity contribution in [1.82, 2.24) is 15.3 Å². The van der Waals surface area contributed by atoms with E-state index in [1.807, 2.05) is 54.6 Å². The molecule has 0 aliphatic carbocycles. The summed E-state index contributed by atoms with van der Waals surface area (Å²) in [7, 11) is 0. The van der Waals surface area contributed by atoms with Gasteiger partial charge in [-0.2, -0.15) is 9.97 Å². The van der Waals surface area contributed by atoms with Crippen molar-refractivity contribution in [1.29, 1.82) is 0 Å². The lowest BCUT2D eigenvalue weighted by molar-refractivity contribution is 0.174. The van der Waals surface area contributed by atoms with E-state index in [0.29, 0.717) is 35.3 Å². The average molecular weight is 478 g/mol. The Kier molecular flexibility index (Phi) is 6.62. The molecule has 9 heteroatoms. The number of ether oxygens (including phenoxy) is 3. The van der Waals surface area contributed by atoms with Crippen molar-refractivity contribution in [3.05, 3.63) is 60.2 Å². The fourth-order valence-electron chi connectivity index (χ4n) is 4.09. The van der Waals surface area contributed by atoms with E-state index in [9.17, 15) is 0 Å². The van der Waals surface area contributed by atoms with Crippen LogP contribution in [0.1, 0.15) is 31.7 Å². The molecule has 0 radical (unpaired) electrons. The number of hydrogen-bond donors (Lipinski definition) is 2. The monoisotopic (exact) mass is 477 g/mol. The number of thiocarbonyl (C=S) groups is 1. The predicted molar refractivity (Wildman–Crippen MR) is 135 cm³/mol. The van der Waals surface area contributed by atoms with Crippen LogP contribution in [0.25, 0.3) is 0 Å². The van der Waals surface area contributed by atoms with Crippen molar-refractivity contribution in [2.75, 3.05) is 23.6 Å². The molecule has 0 unspecified atom stereocenters. The van der Waals surface area contributed by atoms with Crippen molar-refractivity contribution in [3.8, 4) is 23.1 Å². The zero-order chi connectivity index (χ0) is 23.3. The van der Waals surface area contributed by atoms with Crippen LogP contribution in [0.15, 0.2) is 54.6 Å². The molecule has 0 amide bonds. The highest BCUT2D eigenvalue weighted by Gasteiger charge is 2.22. The largest absolute Gasteiger partial charge is 0.454 e. The van der Waals surface area contributed by atoms with Crippen LogP contribution in [-0.4, -0.2) is 34.5 Å². The van der Waals surface area contributed by atoms with Crippen LogP contribution in [0.5, 0.6) is 23.1 Å². The topological polar surface area (TPSA) is 80.8 Å². The molecule has 3 aromatic rings. The number of nitrogens with one attached hydrogen (secondary N) is 2. The number of para-hydroxylation sites is 1. The predicted octanol–water partition coefficient (Wildman–Crippen LogP) is 4.86. The first-order chi connectivity index (χ1) is 16.6. The molecule has 1 aromatic heterocycles. The molecule has 1 fully saturated rings. The average Bonchev–Trinajstić information content (AvgIpc) is 3.31. The molecule has 34 heavy (non-hydrogen) atoms. The van der Waals surface area contributed by atoms with E-state index in [4.69, 9.17) is 31.4 Å². The summed E-state index contributed by atoms with van der Waals surface area (Å²) in [6.45, 7) is 3.96. The van der Waals surface area contributed by atoms with Crippen molar-refractivity contribution < 1.29 is 14.2 Å². The van der Waals surface area contributed by atoms with Crippen LogP contribution in [0.4, 0.5) is 11.8 Å². The molecule has 2 aromatic carbocycles. The molecule has 0 bridgehead atoms. The number of aromatic nitrogens is 2. The summed E-state index contributed by atoms with van der Waals surface area (Å²) in [5.74, 6) is 3.90. The van der Waals surface area contributed by atoms with Gasteiger partial charge in [-0.1, -0.05) is 24.3 Å². The van der Waals surface area contributed by atoms with Crippen molar-refractivity contribution in [2.45, 2.75) is 38.8 Å². The third-order valence-corrected chi connectivity index (χ3v) is 6.11. The van der Waals surface area contributed by atoms with Gasteiger partial charge in [0.25, 0.3) is 0 Å². The number of nitrogens with zero attached hydrogens (tertiary/aromatic N) is 3. The van der Waals surface area contributed by atoms with Gasteiger partial charge in [0.2, 0.25) is 18.6 Å². The molecule has 0 spiro atoms. The van der Waals surface area contributed by atoms with Crippen LogP contribution in [0.3, 0.4) is 0 Å². The molecule has 176 valence electrons. The molecule has 0 saturated carbocycles. The summed E-state index contributed by atoms with van der Waals surface area (Å²) >= 11 is 5.52. The first-order valence-corrected chi connectivity index (χ1v) is 11.9. The molecule has 8 nitrogen and oxygen atoms in total. The fraction of sp³-hybridized carbons (Fsp3) is 0.320.